The van der Waals surface area contributed by atoms with E-state index in [2.05, 4.69) is 130 Å². The molecule has 4 aromatic heterocycles. The average Bonchev–Trinajstić information content (AvgIpc) is 3.74. The number of fused-ring (bicyclic) bond motifs is 4. The van der Waals surface area contributed by atoms with Crippen LogP contribution >= 0.6 is 11.3 Å². The lowest BCUT2D eigenvalue weighted by Gasteiger charge is -2.13. The van der Waals surface area contributed by atoms with Crippen LogP contribution in [-0.2, 0) is 7.05 Å². The number of rotatable bonds is 4. The van der Waals surface area contributed by atoms with Gasteiger partial charge in [0.05, 0.1) is 27.8 Å². The van der Waals surface area contributed by atoms with Gasteiger partial charge in [0.1, 0.15) is 5.82 Å². The van der Waals surface area contributed by atoms with E-state index in [1.807, 2.05) is 18.3 Å². The molecular formula is C35H24N4S. The van der Waals surface area contributed by atoms with Gasteiger partial charge in [0.2, 0.25) is 0 Å². The molecule has 0 N–H and O–H groups in total. The number of nitrogens with zero attached hydrogens (tertiary/aromatic N) is 4. The summed E-state index contributed by atoms with van der Waals surface area (Å²) in [6.45, 7) is 0. The van der Waals surface area contributed by atoms with Crippen LogP contribution < -0.4 is 0 Å². The summed E-state index contributed by atoms with van der Waals surface area (Å²) in [6, 6.07) is 40.7. The van der Waals surface area contributed by atoms with Crippen LogP contribution in [0.5, 0.6) is 0 Å². The minimum atomic E-state index is 0.963. The fourth-order valence-corrected chi connectivity index (χ4v) is 6.59. The van der Waals surface area contributed by atoms with Crippen LogP contribution in [0, 0.1) is 0 Å². The van der Waals surface area contributed by atoms with Gasteiger partial charge < -0.3 is 9.13 Å². The lowest BCUT2D eigenvalue weighted by Crippen LogP contribution is -1.97. The maximum Gasteiger partial charge on any atom is 0.141 e. The van der Waals surface area contributed by atoms with Crippen LogP contribution in [0.1, 0.15) is 0 Å². The molecule has 5 heteroatoms. The molecule has 8 rings (SSSR count). The molecule has 4 nitrogen and oxygen atoms in total. The van der Waals surface area contributed by atoms with Gasteiger partial charge >= 0.3 is 0 Å². The largest absolute Gasteiger partial charge is 0.327 e. The zero-order valence-electron chi connectivity index (χ0n) is 21.8. The van der Waals surface area contributed by atoms with E-state index in [4.69, 9.17) is 4.98 Å². The molecule has 0 amide bonds. The molecule has 0 spiro atoms. The molecule has 0 saturated heterocycles. The van der Waals surface area contributed by atoms with Crippen LogP contribution in [0.25, 0.3) is 71.6 Å². The molecule has 190 valence electrons. The number of hydrogen-bond acceptors (Lipinski definition) is 3. The summed E-state index contributed by atoms with van der Waals surface area (Å²) >= 11 is 1.76. The smallest absolute Gasteiger partial charge is 0.141 e. The second-order valence-corrected chi connectivity index (χ2v) is 10.9. The fourth-order valence-electron chi connectivity index (χ4n) is 5.84. The molecule has 0 saturated carbocycles. The molecule has 4 heterocycles. The number of imidazole rings is 1. The highest BCUT2D eigenvalue weighted by atomic mass is 32.1. The van der Waals surface area contributed by atoms with Crippen molar-refractivity contribution in [2.45, 2.75) is 0 Å². The minimum Gasteiger partial charge on any atom is -0.327 e. The third-order valence-corrected chi connectivity index (χ3v) is 8.59. The number of aromatic nitrogens is 4. The number of thiophene rings is 1. The van der Waals surface area contributed by atoms with Crippen molar-refractivity contribution in [3.63, 3.8) is 0 Å². The first-order chi connectivity index (χ1) is 19.8. The van der Waals surface area contributed by atoms with Gasteiger partial charge in [-0.3, -0.25) is 4.98 Å². The van der Waals surface area contributed by atoms with Gasteiger partial charge in [-0.25, -0.2) is 4.98 Å². The molecule has 4 aromatic carbocycles. The molecule has 0 bridgehead atoms. The Morgan fingerprint density at radius 3 is 2.33 bits per heavy atom. The van der Waals surface area contributed by atoms with E-state index in [0.29, 0.717) is 0 Å². The number of hydrogen-bond donors (Lipinski definition) is 0. The molecule has 0 aliphatic rings. The van der Waals surface area contributed by atoms with Crippen LogP contribution in [0.4, 0.5) is 0 Å². The highest BCUT2D eigenvalue weighted by Gasteiger charge is 2.20. The van der Waals surface area contributed by atoms with E-state index >= 15 is 0 Å². The Labute approximate surface area is 235 Å². The van der Waals surface area contributed by atoms with Crippen molar-refractivity contribution in [1.29, 1.82) is 0 Å². The van der Waals surface area contributed by atoms with E-state index < -0.39 is 0 Å². The topological polar surface area (TPSA) is 35.6 Å². The first-order valence-corrected chi connectivity index (χ1v) is 14.2. The van der Waals surface area contributed by atoms with Crippen molar-refractivity contribution in [1.82, 2.24) is 19.1 Å². The highest BCUT2D eigenvalue weighted by molar-refractivity contribution is 7.13. The highest BCUT2D eigenvalue weighted by Crippen LogP contribution is 2.42. The van der Waals surface area contributed by atoms with E-state index in [9.17, 15) is 0 Å². The van der Waals surface area contributed by atoms with Gasteiger partial charge in [-0.05, 0) is 66.0 Å². The molecule has 0 fully saturated rings. The summed E-state index contributed by atoms with van der Waals surface area (Å²) in [5, 5.41) is 4.60. The normalized spacial score (nSPS) is 11.6. The molecule has 0 aliphatic carbocycles. The van der Waals surface area contributed by atoms with Gasteiger partial charge in [-0.15, -0.1) is 11.3 Å². The third-order valence-electron chi connectivity index (χ3n) is 7.69. The second kappa shape index (κ2) is 9.04. The first kappa shape index (κ1) is 22.9. The summed E-state index contributed by atoms with van der Waals surface area (Å²) in [6.07, 6.45) is 1.84. The molecule has 0 atom stereocenters. The Hall–Kier alpha value is -5.00. The predicted molar refractivity (Wildman–Crippen MR) is 167 cm³/mol. The van der Waals surface area contributed by atoms with Crippen LogP contribution in [0.3, 0.4) is 0 Å². The van der Waals surface area contributed by atoms with Crippen molar-refractivity contribution < 1.29 is 0 Å². The van der Waals surface area contributed by atoms with E-state index in [-0.39, 0.29) is 0 Å². The second-order valence-electron chi connectivity index (χ2n) is 9.99. The summed E-state index contributed by atoms with van der Waals surface area (Å²) in [4.78, 5) is 11.0. The van der Waals surface area contributed by atoms with E-state index in [1.54, 1.807) is 11.3 Å². The third kappa shape index (κ3) is 3.52. The van der Waals surface area contributed by atoms with Crippen molar-refractivity contribution in [3.8, 4) is 38.8 Å². The monoisotopic (exact) mass is 532 g/mol. The fraction of sp³-hybridized carbons (Fsp3) is 0.0286. The zero-order valence-corrected chi connectivity index (χ0v) is 22.6. The molecule has 0 radical (unpaired) electrons. The van der Waals surface area contributed by atoms with Crippen LogP contribution in [0.2, 0.25) is 0 Å². The summed E-state index contributed by atoms with van der Waals surface area (Å²) < 4.78 is 4.59. The average molecular weight is 533 g/mol. The lowest BCUT2D eigenvalue weighted by atomic mass is 10.0. The zero-order chi connectivity index (χ0) is 26.6. The molecule has 40 heavy (non-hydrogen) atoms. The van der Waals surface area contributed by atoms with Crippen molar-refractivity contribution in [2.24, 2.45) is 7.05 Å². The number of benzene rings is 4. The summed E-state index contributed by atoms with van der Waals surface area (Å²) in [5.41, 5.74) is 9.94. The van der Waals surface area contributed by atoms with Crippen LogP contribution in [-0.4, -0.2) is 19.1 Å². The molecule has 0 aliphatic heterocycles. The Balaban J connectivity index is 1.46. The van der Waals surface area contributed by atoms with Crippen LogP contribution in [0.15, 0.2) is 127 Å². The van der Waals surface area contributed by atoms with Crippen molar-refractivity contribution >= 4 is 44.2 Å². The standard InChI is InChI=1S/C35H24N4S/c1-38-32-16-5-3-14-30(32)37-35(38)28-22-33-26(21-27(28)34-17-9-19-40-34)25-12-2-4-15-31(25)39(33)24-11-8-10-23(20-24)29-13-6-7-18-36-29/h2-22H,1H3. The van der Waals surface area contributed by atoms with Gasteiger partial charge in [0.25, 0.3) is 0 Å². The van der Waals surface area contributed by atoms with E-state index in [1.165, 1.54) is 26.7 Å². The molecular weight excluding hydrogens is 508 g/mol. The number of aryl methyl sites for hydroxylation is 1. The van der Waals surface area contributed by atoms with Crippen molar-refractivity contribution in [3.05, 3.63) is 127 Å². The lowest BCUT2D eigenvalue weighted by molar-refractivity contribution is 0.960. The summed E-state index contributed by atoms with van der Waals surface area (Å²) in [5.74, 6) is 0.963. The Bertz CT molecular complexity index is 2170. The summed E-state index contributed by atoms with van der Waals surface area (Å²) in [7, 11) is 2.11. The Morgan fingerprint density at radius 1 is 0.650 bits per heavy atom. The van der Waals surface area contributed by atoms with Gasteiger partial charge in [-0.1, -0.05) is 54.6 Å². The number of pyridine rings is 1. The van der Waals surface area contributed by atoms with Gasteiger partial charge in [0, 0.05) is 51.3 Å². The first-order valence-electron chi connectivity index (χ1n) is 13.3. The maximum absolute atomic E-state index is 5.12. The Morgan fingerprint density at radius 2 is 1.50 bits per heavy atom. The number of para-hydroxylation sites is 3. The maximum atomic E-state index is 5.12. The van der Waals surface area contributed by atoms with E-state index in [0.717, 1.165) is 44.9 Å². The van der Waals surface area contributed by atoms with Crippen molar-refractivity contribution in [2.75, 3.05) is 0 Å². The van der Waals surface area contributed by atoms with Gasteiger partial charge in [-0.2, -0.15) is 0 Å². The molecule has 8 aromatic rings. The predicted octanol–water partition coefficient (Wildman–Crippen LogP) is 9.13. The quantitative estimate of drug-likeness (QED) is 0.227. The SMILES string of the molecule is Cn1c(-c2cc3c(cc2-c2cccs2)c2ccccc2n3-c2cccc(-c3ccccn3)c2)nc2ccccc21. The van der Waals surface area contributed by atoms with Gasteiger partial charge in [0.15, 0.2) is 0 Å². The Kier molecular flexibility index (Phi) is 5.18. The minimum absolute atomic E-state index is 0.963. The molecule has 0 unspecified atom stereocenters.